The van der Waals surface area contributed by atoms with Crippen LogP contribution in [-0.2, 0) is 4.74 Å². The maximum Gasteiger partial charge on any atom is 0.350 e. The lowest BCUT2D eigenvalue weighted by Gasteiger charge is -2.09. The molecule has 0 saturated carbocycles. The normalized spacial score (nSPS) is 10.2. The van der Waals surface area contributed by atoms with Crippen LogP contribution < -0.4 is 15.4 Å². The summed E-state index contributed by atoms with van der Waals surface area (Å²) in [6.07, 6.45) is 1.99. The molecule has 0 atom stereocenters. The van der Waals surface area contributed by atoms with Gasteiger partial charge in [0.1, 0.15) is 10.6 Å². The number of benzene rings is 1. The number of rotatable bonds is 8. The molecular weight excluding hydrogens is 398 g/mol. The molecule has 9 heteroatoms. The molecule has 7 nitrogen and oxygen atoms in total. The standard InChI is InChI=1S/C19H23N3O4S2/c1-4-6-10-26-14-9-7-8-13(11-14)16(23)21-18(27)22-19-20-12(3)15(28-19)17(24)25-5-2/h7-9,11H,4-6,10H2,1-3H3,(H2,20,21,22,23,27). The lowest BCUT2D eigenvalue weighted by atomic mass is 10.2. The van der Waals surface area contributed by atoms with Gasteiger partial charge in [-0.2, -0.15) is 0 Å². The van der Waals surface area contributed by atoms with Crippen LogP contribution in [0.25, 0.3) is 0 Å². The second-order valence-corrected chi connectivity index (χ2v) is 7.20. The van der Waals surface area contributed by atoms with Gasteiger partial charge in [0.05, 0.1) is 18.9 Å². The summed E-state index contributed by atoms with van der Waals surface area (Å²) in [5.74, 6) is -0.160. The molecule has 0 spiro atoms. The van der Waals surface area contributed by atoms with Gasteiger partial charge in [0.2, 0.25) is 0 Å². The van der Waals surface area contributed by atoms with E-state index in [0.29, 0.717) is 33.6 Å². The molecule has 1 aromatic carbocycles. The zero-order chi connectivity index (χ0) is 20.5. The number of esters is 1. The van der Waals surface area contributed by atoms with Crippen molar-refractivity contribution in [1.29, 1.82) is 0 Å². The largest absolute Gasteiger partial charge is 0.494 e. The number of hydrogen-bond donors (Lipinski definition) is 2. The Morgan fingerprint density at radius 2 is 2.07 bits per heavy atom. The number of nitrogens with zero attached hydrogens (tertiary/aromatic N) is 1. The Morgan fingerprint density at radius 1 is 1.29 bits per heavy atom. The predicted octanol–water partition coefficient (Wildman–Crippen LogP) is 3.93. The fraction of sp³-hybridized carbons (Fsp3) is 0.368. The number of unbranched alkanes of at least 4 members (excludes halogenated alkanes) is 1. The van der Waals surface area contributed by atoms with E-state index >= 15 is 0 Å². The summed E-state index contributed by atoms with van der Waals surface area (Å²) in [4.78, 5) is 28.9. The van der Waals surface area contributed by atoms with Gasteiger partial charge < -0.3 is 14.8 Å². The quantitative estimate of drug-likeness (QED) is 0.379. The highest BCUT2D eigenvalue weighted by molar-refractivity contribution is 7.80. The molecule has 150 valence electrons. The highest BCUT2D eigenvalue weighted by Gasteiger charge is 2.17. The summed E-state index contributed by atoms with van der Waals surface area (Å²) in [7, 11) is 0. The minimum Gasteiger partial charge on any atom is -0.494 e. The first-order chi connectivity index (χ1) is 13.4. The topological polar surface area (TPSA) is 89.5 Å². The zero-order valence-corrected chi connectivity index (χ0v) is 17.7. The molecule has 1 amide bonds. The second-order valence-electron chi connectivity index (χ2n) is 5.79. The maximum atomic E-state index is 12.4. The molecule has 28 heavy (non-hydrogen) atoms. The molecule has 2 N–H and O–H groups in total. The van der Waals surface area contributed by atoms with E-state index in [-0.39, 0.29) is 17.6 Å². The van der Waals surface area contributed by atoms with Gasteiger partial charge in [-0.3, -0.25) is 10.1 Å². The molecule has 0 aliphatic heterocycles. The predicted molar refractivity (Wildman–Crippen MR) is 113 cm³/mol. The van der Waals surface area contributed by atoms with Crippen molar-refractivity contribution in [3.8, 4) is 5.75 Å². The Hall–Kier alpha value is -2.52. The highest BCUT2D eigenvalue weighted by atomic mass is 32.1. The third-order valence-corrected chi connectivity index (χ3v) is 4.82. The Balaban J connectivity index is 1.96. The summed E-state index contributed by atoms with van der Waals surface area (Å²) in [6.45, 7) is 6.42. The van der Waals surface area contributed by atoms with E-state index in [1.54, 1.807) is 38.1 Å². The van der Waals surface area contributed by atoms with Gasteiger partial charge in [0.15, 0.2) is 10.2 Å². The van der Waals surface area contributed by atoms with E-state index in [4.69, 9.17) is 21.7 Å². The molecule has 2 aromatic rings. The lowest BCUT2D eigenvalue weighted by Crippen LogP contribution is -2.34. The van der Waals surface area contributed by atoms with Gasteiger partial charge in [-0.1, -0.05) is 30.7 Å². The smallest absolute Gasteiger partial charge is 0.350 e. The lowest BCUT2D eigenvalue weighted by molar-refractivity contribution is 0.0531. The highest BCUT2D eigenvalue weighted by Crippen LogP contribution is 2.23. The number of carbonyl (C=O) groups excluding carboxylic acids is 2. The van der Waals surface area contributed by atoms with Gasteiger partial charge in [-0.15, -0.1) is 0 Å². The summed E-state index contributed by atoms with van der Waals surface area (Å²) in [6, 6.07) is 6.90. The molecule has 0 fully saturated rings. The van der Waals surface area contributed by atoms with Crippen LogP contribution >= 0.6 is 23.6 Å². The van der Waals surface area contributed by atoms with Crippen LogP contribution in [0, 0.1) is 6.92 Å². The van der Waals surface area contributed by atoms with E-state index in [0.717, 1.165) is 24.2 Å². The van der Waals surface area contributed by atoms with Crippen molar-refractivity contribution in [3.63, 3.8) is 0 Å². The third-order valence-electron chi connectivity index (χ3n) is 3.57. The maximum absolute atomic E-state index is 12.4. The first kappa shape index (κ1) is 21.8. The number of carbonyl (C=O) groups is 2. The molecule has 0 unspecified atom stereocenters. The number of thiocarbonyl (C=S) groups is 1. The fourth-order valence-electron chi connectivity index (χ4n) is 2.20. The molecule has 0 radical (unpaired) electrons. The summed E-state index contributed by atoms with van der Waals surface area (Å²) < 4.78 is 10.6. The first-order valence-corrected chi connectivity index (χ1v) is 10.2. The van der Waals surface area contributed by atoms with Crippen LogP contribution in [0.3, 0.4) is 0 Å². The first-order valence-electron chi connectivity index (χ1n) is 8.94. The van der Waals surface area contributed by atoms with E-state index in [1.807, 2.05) is 0 Å². The van der Waals surface area contributed by atoms with Crippen molar-refractivity contribution < 1.29 is 19.1 Å². The molecule has 2 rings (SSSR count). The number of aryl methyl sites for hydroxylation is 1. The van der Waals surface area contributed by atoms with Gasteiger partial charge >= 0.3 is 5.97 Å². The zero-order valence-electron chi connectivity index (χ0n) is 16.0. The number of thiazole rings is 1. The van der Waals surface area contributed by atoms with Crippen molar-refractivity contribution in [3.05, 3.63) is 40.4 Å². The van der Waals surface area contributed by atoms with Crippen molar-refractivity contribution in [2.75, 3.05) is 18.5 Å². The molecule has 0 saturated heterocycles. The van der Waals surface area contributed by atoms with Gasteiger partial charge in [0, 0.05) is 5.56 Å². The number of anilines is 1. The SMILES string of the molecule is CCCCOc1cccc(C(=O)NC(=S)Nc2nc(C)c(C(=O)OCC)s2)c1. The number of nitrogens with one attached hydrogen (secondary N) is 2. The van der Waals surface area contributed by atoms with Gasteiger partial charge in [0.25, 0.3) is 5.91 Å². The van der Waals surface area contributed by atoms with Crippen LogP contribution in [0.2, 0.25) is 0 Å². The van der Waals surface area contributed by atoms with Crippen molar-refractivity contribution in [2.45, 2.75) is 33.6 Å². The van der Waals surface area contributed by atoms with Crippen LogP contribution in [0.1, 0.15) is 52.4 Å². The minimum absolute atomic E-state index is 0.0893. The monoisotopic (exact) mass is 421 g/mol. The van der Waals surface area contributed by atoms with E-state index < -0.39 is 5.97 Å². The number of amides is 1. The van der Waals surface area contributed by atoms with Crippen LogP contribution in [0.15, 0.2) is 24.3 Å². The van der Waals surface area contributed by atoms with Gasteiger partial charge in [-0.05, 0) is 50.7 Å². The summed E-state index contributed by atoms with van der Waals surface area (Å²) >= 11 is 6.29. The average Bonchev–Trinajstić information content (AvgIpc) is 3.02. The van der Waals surface area contributed by atoms with Crippen molar-refractivity contribution in [1.82, 2.24) is 10.3 Å². The average molecular weight is 422 g/mol. The molecule has 0 aliphatic rings. The molecular formula is C19H23N3O4S2. The Kier molecular flexibility index (Phi) is 8.34. The van der Waals surface area contributed by atoms with E-state index in [9.17, 15) is 9.59 Å². The number of hydrogen-bond acceptors (Lipinski definition) is 7. The Labute approximate surface area is 173 Å². The van der Waals surface area contributed by atoms with Crippen LogP contribution in [-0.4, -0.2) is 35.2 Å². The fourth-order valence-corrected chi connectivity index (χ4v) is 3.32. The molecule has 0 bridgehead atoms. The summed E-state index contributed by atoms with van der Waals surface area (Å²) in [5.41, 5.74) is 0.970. The van der Waals surface area contributed by atoms with Crippen LogP contribution in [0.4, 0.5) is 5.13 Å². The number of ether oxygens (including phenoxy) is 2. The van der Waals surface area contributed by atoms with Crippen molar-refractivity contribution in [2.24, 2.45) is 0 Å². The van der Waals surface area contributed by atoms with E-state index in [1.165, 1.54) is 0 Å². The Morgan fingerprint density at radius 3 is 2.79 bits per heavy atom. The Bertz CT molecular complexity index is 851. The second kappa shape index (κ2) is 10.7. The van der Waals surface area contributed by atoms with E-state index in [2.05, 4.69) is 22.5 Å². The molecule has 0 aliphatic carbocycles. The summed E-state index contributed by atoms with van der Waals surface area (Å²) in [5, 5.41) is 5.92. The van der Waals surface area contributed by atoms with Gasteiger partial charge in [-0.25, -0.2) is 9.78 Å². The molecule has 1 heterocycles. The van der Waals surface area contributed by atoms with Crippen molar-refractivity contribution >= 4 is 45.7 Å². The number of aromatic nitrogens is 1. The van der Waals surface area contributed by atoms with Crippen LogP contribution in [0.5, 0.6) is 5.75 Å². The molecule has 1 aromatic heterocycles. The minimum atomic E-state index is -0.430. The third kappa shape index (κ3) is 6.28.